The zero-order valence-corrected chi connectivity index (χ0v) is 11.0. The Morgan fingerprint density at radius 1 is 1.15 bits per heavy atom. The van der Waals surface area contributed by atoms with Crippen LogP contribution in [0.25, 0.3) is 11.3 Å². The number of aromatic amines is 1. The predicted octanol–water partition coefficient (Wildman–Crippen LogP) is 1.76. The molecule has 2 aromatic rings. The molecule has 0 aliphatic carbocycles. The fourth-order valence-electron chi connectivity index (χ4n) is 2.33. The first-order chi connectivity index (χ1) is 9.72. The number of nitrogens with zero attached hydrogens (tertiary/aromatic N) is 2. The summed E-state index contributed by atoms with van der Waals surface area (Å²) in [6.45, 7) is 4.68. The zero-order valence-electron chi connectivity index (χ0n) is 11.0. The van der Waals surface area contributed by atoms with Crippen molar-refractivity contribution < 1.29 is 8.78 Å². The van der Waals surface area contributed by atoms with Gasteiger partial charge in [-0.25, -0.2) is 13.8 Å². The van der Waals surface area contributed by atoms with Crippen molar-refractivity contribution in [3.05, 3.63) is 41.9 Å². The number of benzene rings is 1. The molecule has 106 valence electrons. The van der Waals surface area contributed by atoms with Crippen LogP contribution in [0.2, 0.25) is 0 Å². The summed E-state index contributed by atoms with van der Waals surface area (Å²) < 4.78 is 26.1. The van der Waals surface area contributed by atoms with Crippen LogP contribution < -0.4 is 5.32 Å². The largest absolute Gasteiger partial charge is 0.341 e. The lowest BCUT2D eigenvalue weighted by Crippen LogP contribution is -2.43. The summed E-state index contributed by atoms with van der Waals surface area (Å²) >= 11 is 0. The van der Waals surface area contributed by atoms with E-state index in [-0.39, 0.29) is 0 Å². The van der Waals surface area contributed by atoms with Gasteiger partial charge in [0.25, 0.3) is 0 Å². The Morgan fingerprint density at radius 3 is 2.70 bits per heavy atom. The predicted molar refractivity (Wildman–Crippen MR) is 72.1 cm³/mol. The second-order valence-corrected chi connectivity index (χ2v) is 4.90. The highest BCUT2D eigenvalue weighted by Crippen LogP contribution is 2.20. The molecular formula is C14H16F2N4. The van der Waals surface area contributed by atoms with E-state index < -0.39 is 11.6 Å². The van der Waals surface area contributed by atoms with Crippen LogP contribution in [0.3, 0.4) is 0 Å². The molecule has 0 unspecified atom stereocenters. The van der Waals surface area contributed by atoms with Gasteiger partial charge in [0, 0.05) is 31.7 Å². The van der Waals surface area contributed by atoms with Crippen LogP contribution in [0.5, 0.6) is 0 Å². The van der Waals surface area contributed by atoms with Crippen molar-refractivity contribution in [1.29, 1.82) is 0 Å². The molecule has 1 aromatic carbocycles. The molecule has 0 amide bonds. The molecule has 1 fully saturated rings. The normalized spacial score (nSPS) is 16.5. The van der Waals surface area contributed by atoms with E-state index in [0.717, 1.165) is 44.6 Å². The summed E-state index contributed by atoms with van der Waals surface area (Å²) in [7, 11) is 0. The molecule has 0 saturated carbocycles. The quantitative estimate of drug-likeness (QED) is 0.899. The summed E-state index contributed by atoms with van der Waals surface area (Å²) in [4.78, 5) is 9.76. The molecule has 4 nitrogen and oxygen atoms in total. The van der Waals surface area contributed by atoms with Gasteiger partial charge in [-0.15, -0.1) is 0 Å². The smallest absolute Gasteiger partial charge is 0.159 e. The zero-order chi connectivity index (χ0) is 13.9. The fraction of sp³-hybridized carbons (Fsp3) is 0.357. The molecule has 1 aliphatic rings. The molecule has 1 saturated heterocycles. The van der Waals surface area contributed by atoms with Gasteiger partial charge >= 0.3 is 0 Å². The Balaban J connectivity index is 1.73. The van der Waals surface area contributed by atoms with Crippen molar-refractivity contribution in [3.8, 4) is 11.3 Å². The minimum Gasteiger partial charge on any atom is -0.341 e. The SMILES string of the molecule is Fc1ccc(-c2cnc(CN3CCNCC3)[nH]2)cc1F. The lowest BCUT2D eigenvalue weighted by atomic mass is 10.1. The van der Waals surface area contributed by atoms with Gasteiger partial charge in [-0.2, -0.15) is 0 Å². The lowest BCUT2D eigenvalue weighted by molar-refractivity contribution is 0.228. The Bertz CT molecular complexity index is 591. The summed E-state index contributed by atoms with van der Waals surface area (Å²) in [6, 6.07) is 3.85. The van der Waals surface area contributed by atoms with E-state index >= 15 is 0 Å². The van der Waals surface area contributed by atoms with Gasteiger partial charge in [0.05, 0.1) is 18.4 Å². The molecule has 0 bridgehead atoms. The van der Waals surface area contributed by atoms with E-state index in [2.05, 4.69) is 20.2 Å². The van der Waals surface area contributed by atoms with Crippen LogP contribution in [0.1, 0.15) is 5.82 Å². The van der Waals surface area contributed by atoms with Crippen molar-refractivity contribution in [2.24, 2.45) is 0 Å². The first-order valence-corrected chi connectivity index (χ1v) is 6.65. The van der Waals surface area contributed by atoms with E-state index in [0.29, 0.717) is 11.3 Å². The number of nitrogens with one attached hydrogen (secondary N) is 2. The van der Waals surface area contributed by atoms with Gasteiger partial charge in [0.1, 0.15) is 5.82 Å². The molecule has 0 atom stereocenters. The Labute approximate surface area is 115 Å². The average Bonchev–Trinajstić information content (AvgIpc) is 2.91. The summed E-state index contributed by atoms with van der Waals surface area (Å²) in [5, 5.41) is 3.29. The number of halogens is 2. The maximum atomic E-state index is 13.2. The molecule has 3 rings (SSSR count). The van der Waals surface area contributed by atoms with Gasteiger partial charge in [-0.3, -0.25) is 4.90 Å². The van der Waals surface area contributed by atoms with E-state index in [1.807, 2.05) is 0 Å². The minimum absolute atomic E-state index is 0.600. The number of hydrogen-bond acceptors (Lipinski definition) is 3. The van der Waals surface area contributed by atoms with Gasteiger partial charge in [0.2, 0.25) is 0 Å². The van der Waals surface area contributed by atoms with Crippen molar-refractivity contribution in [3.63, 3.8) is 0 Å². The second kappa shape index (κ2) is 5.68. The van der Waals surface area contributed by atoms with Crippen molar-refractivity contribution in [2.45, 2.75) is 6.54 Å². The molecular weight excluding hydrogens is 262 g/mol. The van der Waals surface area contributed by atoms with E-state index in [9.17, 15) is 8.78 Å². The molecule has 1 aliphatic heterocycles. The highest BCUT2D eigenvalue weighted by atomic mass is 19.2. The number of hydrogen-bond donors (Lipinski definition) is 2. The molecule has 2 heterocycles. The van der Waals surface area contributed by atoms with Crippen LogP contribution in [0.4, 0.5) is 8.78 Å². The minimum atomic E-state index is -0.847. The highest BCUT2D eigenvalue weighted by molar-refractivity contribution is 5.58. The molecule has 0 radical (unpaired) electrons. The number of rotatable bonds is 3. The van der Waals surface area contributed by atoms with E-state index in [1.165, 1.54) is 6.07 Å². The van der Waals surface area contributed by atoms with Gasteiger partial charge in [0.15, 0.2) is 11.6 Å². The van der Waals surface area contributed by atoms with E-state index in [1.54, 1.807) is 12.3 Å². The molecule has 2 N–H and O–H groups in total. The van der Waals surface area contributed by atoms with Gasteiger partial charge in [-0.05, 0) is 18.2 Å². The Kier molecular flexibility index (Phi) is 3.75. The fourth-order valence-corrected chi connectivity index (χ4v) is 2.33. The third-order valence-electron chi connectivity index (χ3n) is 3.44. The van der Waals surface area contributed by atoms with Crippen LogP contribution in [-0.2, 0) is 6.54 Å². The van der Waals surface area contributed by atoms with Crippen LogP contribution in [0, 0.1) is 11.6 Å². The van der Waals surface area contributed by atoms with Crippen LogP contribution in [-0.4, -0.2) is 41.0 Å². The van der Waals surface area contributed by atoms with Crippen molar-refractivity contribution in [2.75, 3.05) is 26.2 Å². The number of H-pyrrole nitrogens is 1. The van der Waals surface area contributed by atoms with Crippen molar-refractivity contribution >= 4 is 0 Å². The summed E-state index contributed by atoms with van der Waals surface area (Å²) in [6.07, 6.45) is 1.66. The number of imidazole rings is 1. The Hall–Kier alpha value is -1.79. The third kappa shape index (κ3) is 2.86. The van der Waals surface area contributed by atoms with Gasteiger partial charge in [-0.1, -0.05) is 0 Å². The van der Waals surface area contributed by atoms with Gasteiger partial charge < -0.3 is 10.3 Å². The maximum absolute atomic E-state index is 13.2. The topological polar surface area (TPSA) is 44.0 Å². The first kappa shape index (κ1) is 13.2. The van der Waals surface area contributed by atoms with E-state index in [4.69, 9.17) is 0 Å². The van der Waals surface area contributed by atoms with Crippen LogP contribution in [0.15, 0.2) is 24.4 Å². The molecule has 0 spiro atoms. The third-order valence-corrected chi connectivity index (χ3v) is 3.44. The highest BCUT2D eigenvalue weighted by Gasteiger charge is 2.12. The standard InChI is InChI=1S/C14H16F2N4/c15-11-2-1-10(7-12(11)16)13-8-18-14(19-13)9-20-5-3-17-4-6-20/h1-2,7-8,17H,3-6,9H2,(H,18,19). The van der Waals surface area contributed by atoms with Crippen molar-refractivity contribution in [1.82, 2.24) is 20.2 Å². The lowest BCUT2D eigenvalue weighted by Gasteiger charge is -2.26. The number of aromatic nitrogens is 2. The maximum Gasteiger partial charge on any atom is 0.159 e. The monoisotopic (exact) mass is 278 g/mol. The van der Waals surface area contributed by atoms with Crippen LogP contribution >= 0.6 is 0 Å². The molecule has 20 heavy (non-hydrogen) atoms. The second-order valence-electron chi connectivity index (χ2n) is 4.90. The molecule has 6 heteroatoms. The first-order valence-electron chi connectivity index (χ1n) is 6.65. The Morgan fingerprint density at radius 2 is 1.95 bits per heavy atom. The average molecular weight is 278 g/mol. The number of piperazine rings is 1. The summed E-state index contributed by atoms with van der Waals surface area (Å²) in [5.41, 5.74) is 1.30. The molecule has 1 aromatic heterocycles. The summed E-state index contributed by atoms with van der Waals surface area (Å²) in [5.74, 6) is -0.846.